The number of rotatable bonds is 3. The molecule has 0 aromatic heterocycles. The van der Waals surface area contributed by atoms with E-state index in [2.05, 4.69) is 59.7 Å². The zero-order valence-electron chi connectivity index (χ0n) is 13.0. The van der Waals surface area contributed by atoms with Crippen LogP contribution in [0, 0.1) is 6.92 Å². The summed E-state index contributed by atoms with van der Waals surface area (Å²) in [6, 6.07) is 6.33. The standard InChI is InChI=1S/C12H18OS.C4H10/c1-9-6-7-11(10(8-9)13-5)14-12(2,3)4;1-3-4-2/h6-8H,1-5H3;3-4H2,1-2H3. The minimum atomic E-state index is 0.225. The number of ether oxygens (including phenoxy) is 1. The quantitative estimate of drug-likeness (QED) is 0.650. The summed E-state index contributed by atoms with van der Waals surface area (Å²) in [5.41, 5.74) is 1.24. The number of benzene rings is 1. The molecule has 0 spiro atoms. The Bertz CT molecular complexity index is 337. The molecule has 0 amide bonds. The predicted molar refractivity (Wildman–Crippen MR) is 83.9 cm³/mol. The van der Waals surface area contributed by atoms with Crippen molar-refractivity contribution in [1.82, 2.24) is 0 Å². The van der Waals surface area contributed by atoms with Crippen molar-refractivity contribution >= 4 is 11.8 Å². The maximum absolute atomic E-state index is 5.35. The molecule has 0 aliphatic heterocycles. The third-order valence-corrected chi connectivity index (χ3v) is 3.40. The molecule has 0 fully saturated rings. The van der Waals surface area contributed by atoms with Gasteiger partial charge < -0.3 is 4.74 Å². The van der Waals surface area contributed by atoms with E-state index in [-0.39, 0.29) is 4.75 Å². The number of aryl methyl sites for hydroxylation is 1. The van der Waals surface area contributed by atoms with E-state index in [0.29, 0.717) is 0 Å². The van der Waals surface area contributed by atoms with Crippen LogP contribution in [0.15, 0.2) is 23.1 Å². The fraction of sp³-hybridized carbons (Fsp3) is 0.625. The van der Waals surface area contributed by atoms with E-state index in [1.165, 1.54) is 23.3 Å². The Morgan fingerprint density at radius 2 is 1.67 bits per heavy atom. The average Bonchev–Trinajstić information content (AvgIpc) is 2.30. The number of methoxy groups -OCH3 is 1. The Morgan fingerprint density at radius 3 is 2.06 bits per heavy atom. The number of hydrogen-bond acceptors (Lipinski definition) is 2. The topological polar surface area (TPSA) is 9.23 Å². The zero-order chi connectivity index (χ0) is 14.2. The molecule has 0 saturated carbocycles. The van der Waals surface area contributed by atoms with Crippen LogP contribution in [0.4, 0.5) is 0 Å². The third kappa shape index (κ3) is 7.65. The fourth-order valence-corrected chi connectivity index (χ4v) is 2.23. The first-order chi connectivity index (χ1) is 8.34. The first-order valence-electron chi connectivity index (χ1n) is 6.67. The van der Waals surface area contributed by atoms with Crippen molar-refractivity contribution in [1.29, 1.82) is 0 Å². The van der Waals surface area contributed by atoms with E-state index in [4.69, 9.17) is 4.74 Å². The second-order valence-corrected chi connectivity index (χ2v) is 7.24. The van der Waals surface area contributed by atoms with E-state index < -0.39 is 0 Å². The normalized spacial score (nSPS) is 10.6. The van der Waals surface area contributed by atoms with E-state index in [0.717, 1.165) is 5.75 Å². The van der Waals surface area contributed by atoms with Gasteiger partial charge in [0.25, 0.3) is 0 Å². The van der Waals surface area contributed by atoms with Gasteiger partial charge in [0, 0.05) is 9.64 Å². The van der Waals surface area contributed by atoms with E-state index in [9.17, 15) is 0 Å². The largest absolute Gasteiger partial charge is 0.496 e. The molecule has 0 N–H and O–H groups in total. The lowest BCUT2D eigenvalue weighted by Gasteiger charge is -2.19. The molecule has 1 nitrogen and oxygen atoms in total. The van der Waals surface area contributed by atoms with Gasteiger partial charge in [-0.3, -0.25) is 0 Å². The van der Waals surface area contributed by atoms with Crippen LogP contribution in [0.1, 0.15) is 53.0 Å². The number of unbranched alkanes of at least 4 members (excludes halogenated alkanes) is 1. The molecular formula is C16H28OS. The fourth-order valence-electron chi connectivity index (χ4n) is 1.19. The van der Waals surface area contributed by atoms with Crippen LogP contribution >= 0.6 is 11.8 Å². The van der Waals surface area contributed by atoms with Crippen LogP contribution < -0.4 is 4.74 Å². The summed E-state index contributed by atoms with van der Waals surface area (Å²) in [5, 5.41) is 0. The van der Waals surface area contributed by atoms with Gasteiger partial charge >= 0.3 is 0 Å². The number of thioether (sulfide) groups is 1. The molecule has 0 heterocycles. The summed E-state index contributed by atoms with van der Waals surface area (Å²) in [6.45, 7) is 13.1. The van der Waals surface area contributed by atoms with Crippen molar-refractivity contribution < 1.29 is 4.74 Å². The van der Waals surface area contributed by atoms with Crippen molar-refractivity contribution in [2.45, 2.75) is 64.0 Å². The van der Waals surface area contributed by atoms with Crippen molar-refractivity contribution in [3.05, 3.63) is 23.8 Å². The first kappa shape index (κ1) is 17.4. The summed E-state index contributed by atoms with van der Waals surface area (Å²) in [5.74, 6) is 0.977. The van der Waals surface area contributed by atoms with Gasteiger partial charge in [-0.05, 0) is 24.6 Å². The molecule has 0 bridgehead atoms. The van der Waals surface area contributed by atoms with Gasteiger partial charge in [-0.2, -0.15) is 0 Å². The highest BCUT2D eigenvalue weighted by Gasteiger charge is 2.15. The van der Waals surface area contributed by atoms with Crippen molar-refractivity contribution in [2.24, 2.45) is 0 Å². The molecule has 1 aromatic rings. The Labute approximate surface area is 117 Å². The highest BCUT2D eigenvalue weighted by atomic mass is 32.2. The van der Waals surface area contributed by atoms with E-state index >= 15 is 0 Å². The molecule has 2 heteroatoms. The SMILES string of the molecule is CCCC.COc1cc(C)ccc1SC(C)(C)C. The Balaban J connectivity index is 0.000000631. The first-order valence-corrected chi connectivity index (χ1v) is 7.49. The second kappa shape index (κ2) is 8.47. The van der Waals surface area contributed by atoms with Crippen LogP contribution in [0.25, 0.3) is 0 Å². The number of hydrogen-bond donors (Lipinski definition) is 0. The summed E-state index contributed by atoms with van der Waals surface area (Å²) in [6.07, 6.45) is 2.64. The molecule has 0 aliphatic rings. The summed E-state index contributed by atoms with van der Waals surface area (Å²) in [4.78, 5) is 1.21. The van der Waals surface area contributed by atoms with Gasteiger partial charge in [0.05, 0.1) is 7.11 Å². The van der Waals surface area contributed by atoms with Gasteiger partial charge in [0.15, 0.2) is 0 Å². The molecular weight excluding hydrogens is 240 g/mol. The Kier molecular flexibility index (Phi) is 8.17. The molecule has 0 radical (unpaired) electrons. The molecule has 18 heavy (non-hydrogen) atoms. The van der Waals surface area contributed by atoms with Crippen LogP contribution in [0.3, 0.4) is 0 Å². The van der Waals surface area contributed by atoms with Gasteiger partial charge in [0.1, 0.15) is 5.75 Å². The highest BCUT2D eigenvalue weighted by molar-refractivity contribution is 8.00. The van der Waals surface area contributed by atoms with Gasteiger partial charge in [-0.15, -0.1) is 11.8 Å². The Morgan fingerprint density at radius 1 is 1.11 bits per heavy atom. The van der Waals surface area contributed by atoms with Crippen LogP contribution in [-0.2, 0) is 0 Å². The second-order valence-electron chi connectivity index (χ2n) is 5.37. The average molecular weight is 268 g/mol. The Hall–Kier alpha value is -0.630. The molecule has 0 saturated heterocycles. The summed E-state index contributed by atoms with van der Waals surface area (Å²) in [7, 11) is 1.72. The van der Waals surface area contributed by atoms with E-state index in [1.807, 2.05) is 11.8 Å². The minimum Gasteiger partial charge on any atom is -0.496 e. The van der Waals surface area contributed by atoms with Gasteiger partial charge in [-0.25, -0.2) is 0 Å². The molecule has 0 aliphatic carbocycles. The predicted octanol–water partition coefficient (Wildman–Crippen LogP) is 5.70. The molecule has 1 aromatic carbocycles. The van der Waals surface area contributed by atoms with Crippen LogP contribution in [-0.4, -0.2) is 11.9 Å². The molecule has 0 atom stereocenters. The molecule has 104 valence electrons. The van der Waals surface area contributed by atoms with Crippen LogP contribution in [0.5, 0.6) is 5.75 Å². The lowest BCUT2D eigenvalue weighted by atomic mass is 10.2. The molecule has 1 rings (SSSR count). The zero-order valence-corrected chi connectivity index (χ0v) is 13.8. The van der Waals surface area contributed by atoms with E-state index in [1.54, 1.807) is 7.11 Å². The minimum absolute atomic E-state index is 0.225. The van der Waals surface area contributed by atoms with Gasteiger partial charge in [0.2, 0.25) is 0 Å². The third-order valence-electron chi connectivity index (χ3n) is 2.24. The maximum Gasteiger partial charge on any atom is 0.132 e. The van der Waals surface area contributed by atoms with Gasteiger partial charge in [-0.1, -0.05) is 53.5 Å². The van der Waals surface area contributed by atoms with Crippen molar-refractivity contribution in [3.8, 4) is 5.75 Å². The molecule has 0 unspecified atom stereocenters. The van der Waals surface area contributed by atoms with Crippen LogP contribution in [0.2, 0.25) is 0 Å². The van der Waals surface area contributed by atoms with Crippen molar-refractivity contribution in [3.63, 3.8) is 0 Å². The monoisotopic (exact) mass is 268 g/mol. The summed E-state index contributed by atoms with van der Waals surface area (Å²) >= 11 is 1.84. The lowest BCUT2D eigenvalue weighted by molar-refractivity contribution is 0.404. The summed E-state index contributed by atoms with van der Waals surface area (Å²) < 4.78 is 5.58. The maximum atomic E-state index is 5.35. The smallest absolute Gasteiger partial charge is 0.132 e. The van der Waals surface area contributed by atoms with Crippen molar-refractivity contribution in [2.75, 3.05) is 7.11 Å². The lowest BCUT2D eigenvalue weighted by Crippen LogP contribution is -2.07. The highest BCUT2D eigenvalue weighted by Crippen LogP contribution is 2.37.